The largest absolute Gasteiger partial charge is 0.299 e. The van der Waals surface area contributed by atoms with E-state index in [9.17, 15) is 10.1 Å². The SMILES string of the molecule is CN1CC([N+](=O)[O-])[C@@H](c2ccc(Cl)cc2)C1. The lowest BCUT2D eigenvalue weighted by Crippen LogP contribution is -2.27. The molecule has 5 heteroatoms. The van der Waals surface area contributed by atoms with E-state index < -0.39 is 6.04 Å². The molecule has 1 aliphatic rings. The summed E-state index contributed by atoms with van der Waals surface area (Å²) in [7, 11) is 1.91. The first-order valence-electron chi connectivity index (χ1n) is 5.15. The lowest BCUT2D eigenvalue weighted by Gasteiger charge is -2.12. The average molecular weight is 241 g/mol. The number of hydrogen-bond donors (Lipinski definition) is 0. The Morgan fingerprint density at radius 2 is 2.00 bits per heavy atom. The van der Waals surface area contributed by atoms with Crippen LogP contribution in [0.3, 0.4) is 0 Å². The fraction of sp³-hybridized carbons (Fsp3) is 0.455. The maximum atomic E-state index is 11.0. The Morgan fingerprint density at radius 1 is 1.38 bits per heavy atom. The zero-order valence-electron chi connectivity index (χ0n) is 8.97. The molecule has 1 aromatic carbocycles. The Hall–Kier alpha value is -1.13. The topological polar surface area (TPSA) is 46.4 Å². The summed E-state index contributed by atoms with van der Waals surface area (Å²) in [5.74, 6) is -0.0303. The molecule has 2 atom stereocenters. The Balaban J connectivity index is 2.25. The molecule has 4 nitrogen and oxygen atoms in total. The van der Waals surface area contributed by atoms with Gasteiger partial charge < -0.3 is 0 Å². The predicted octanol–water partition coefficient (Wildman–Crippen LogP) is 2.01. The maximum Gasteiger partial charge on any atom is 0.233 e. The van der Waals surface area contributed by atoms with Gasteiger partial charge in [0, 0.05) is 16.5 Å². The van der Waals surface area contributed by atoms with E-state index in [1.165, 1.54) is 0 Å². The lowest BCUT2D eigenvalue weighted by molar-refractivity contribution is -0.521. The van der Waals surface area contributed by atoms with Gasteiger partial charge in [0.1, 0.15) is 0 Å². The molecule has 0 amide bonds. The van der Waals surface area contributed by atoms with E-state index in [1.807, 2.05) is 24.1 Å². The molecule has 1 saturated heterocycles. The second-order valence-corrected chi connectivity index (χ2v) is 4.67. The number of benzene rings is 1. The van der Waals surface area contributed by atoms with E-state index in [0.29, 0.717) is 11.6 Å². The van der Waals surface area contributed by atoms with Crippen molar-refractivity contribution in [2.45, 2.75) is 12.0 Å². The van der Waals surface area contributed by atoms with E-state index in [-0.39, 0.29) is 10.8 Å². The monoisotopic (exact) mass is 240 g/mol. The third-order valence-electron chi connectivity index (χ3n) is 3.04. The van der Waals surface area contributed by atoms with Gasteiger partial charge in [0.25, 0.3) is 0 Å². The summed E-state index contributed by atoms with van der Waals surface area (Å²) in [6.07, 6.45) is 0. The van der Waals surface area contributed by atoms with Crippen LogP contribution in [0.4, 0.5) is 0 Å². The van der Waals surface area contributed by atoms with Gasteiger partial charge in [-0.3, -0.25) is 15.0 Å². The number of hydrogen-bond acceptors (Lipinski definition) is 3. The number of likely N-dealkylation sites (tertiary alicyclic amines) is 1. The summed E-state index contributed by atoms with van der Waals surface area (Å²) in [5.41, 5.74) is 0.996. The van der Waals surface area contributed by atoms with Gasteiger partial charge >= 0.3 is 0 Å². The van der Waals surface area contributed by atoms with Crippen LogP contribution in [0.25, 0.3) is 0 Å². The van der Waals surface area contributed by atoms with Gasteiger partial charge in [-0.15, -0.1) is 0 Å². The van der Waals surface area contributed by atoms with Crippen LogP contribution in [0.15, 0.2) is 24.3 Å². The third kappa shape index (κ3) is 2.18. The van der Waals surface area contributed by atoms with Crippen molar-refractivity contribution in [3.63, 3.8) is 0 Å². The second-order valence-electron chi connectivity index (χ2n) is 4.23. The number of halogens is 1. The lowest BCUT2D eigenvalue weighted by atomic mass is 9.95. The molecule has 1 heterocycles. The van der Waals surface area contributed by atoms with Crippen molar-refractivity contribution in [3.8, 4) is 0 Å². The van der Waals surface area contributed by atoms with Gasteiger partial charge in [0.05, 0.1) is 12.5 Å². The second kappa shape index (κ2) is 4.39. The van der Waals surface area contributed by atoms with Gasteiger partial charge in [-0.05, 0) is 24.7 Å². The molecule has 0 N–H and O–H groups in total. The van der Waals surface area contributed by atoms with Crippen LogP contribution in [-0.4, -0.2) is 36.0 Å². The number of nitrogens with zero attached hydrogens (tertiary/aromatic N) is 2. The molecule has 0 bridgehead atoms. The molecular weight excluding hydrogens is 228 g/mol. The Labute approximate surface area is 99.0 Å². The highest BCUT2D eigenvalue weighted by atomic mass is 35.5. The summed E-state index contributed by atoms with van der Waals surface area (Å²) in [6.45, 7) is 1.24. The van der Waals surface area contributed by atoms with E-state index in [0.717, 1.165) is 12.1 Å². The Bertz CT molecular complexity index is 393. The standard InChI is InChI=1S/C11H13ClN2O2/c1-13-6-10(11(7-13)14(15)16)8-2-4-9(12)5-3-8/h2-5,10-11H,6-7H2,1H3/t10-,11?/m1/s1. The molecule has 0 aromatic heterocycles. The molecule has 0 radical (unpaired) electrons. The third-order valence-corrected chi connectivity index (χ3v) is 3.29. The van der Waals surface area contributed by atoms with Crippen LogP contribution in [0.2, 0.25) is 5.02 Å². The van der Waals surface area contributed by atoms with Crippen molar-refractivity contribution in [3.05, 3.63) is 45.0 Å². The van der Waals surface area contributed by atoms with Crippen LogP contribution < -0.4 is 0 Å². The fourth-order valence-corrected chi connectivity index (χ4v) is 2.36. The van der Waals surface area contributed by atoms with Crippen LogP contribution in [0, 0.1) is 10.1 Å². The normalized spacial score (nSPS) is 25.9. The predicted molar refractivity (Wildman–Crippen MR) is 62.5 cm³/mol. The molecule has 1 aliphatic heterocycles. The van der Waals surface area contributed by atoms with Gasteiger partial charge in [-0.1, -0.05) is 23.7 Å². The highest BCUT2D eigenvalue weighted by molar-refractivity contribution is 6.30. The van der Waals surface area contributed by atoms with Crippen molar-refractivity contribution < 1.29 is 4.92 Å². The number of likely N-dealkylation sites (N-methyl/N-ethyl adjacent to an activating group) is 1. The summed E-state index contributed by atoms with van der Waals surface area (Å²) < 4.78 is 0. The minimum atomic E-state index is -0.508. The van der Waals surface area contributed by atoms with E-state index >= 15 is 0 Å². The molecule has 1 aromatic rings. The Morgan fingerprint density at radius 3 is 2.56 bits per heavy atom. The first-order valence-corrected chi connectivity index (χ1v) is 5.53. The molecule has 2 rings (SSSR count). The van der Waals surface area contributed by atoms with Crippen LogP contribution in [0.5, 0.6) is 0 Å². The van der Waals surface area contributed by atoms with Gasteiger partial charge in [-0.25, -0.2) is 0 Å². The number of nitro groups is 1. The average Bonchev–Trinajstić information content (AvgIpc) is 2.61. The smallest absolute Gasteiger partial charge is 0.233 e. The summed E-state index contributed by atoms with van der Waals surface area (Å²) in [6, 6.07) is 6.81. The molecular formula is C11H13ClN2O2. The van der Waals surface area contributed by atoms with Crippen molar-refractivity contribution in [2.24, 2.45) is 0 Å². The van der Waals surface area contributed by atoms with E-state index in [1.54, 1.807) is 12.1 Å². The fourth-order valence-electron chi connectivity index (χ4n) is 2.23. The van der Waals surface area contributed by atoms with E-state index in [2.05, 4.69) is 0 Å². The van der Waals surface area contributed by atoms with Crippen molar-refractivity contribution in [1.82, 2.24) is 4.90 Å². The zero-order valence-corrected chi connectivity index (χ0v) is 9.72. The summed E-state index contributed by atoms with van der Waals surface area (Å²) in [5, 5.41) is 11.6. The van der Waals surface area contributed by atoms with Crippen molar-refractivity contribution >= 4 is 11.6 Å². The van der Waals surface area contributed by atoms with Crippen molar-refractivity contribution in [1.29, 1.82) is 0 Å². The van der Waals surface area contributed by atoms with Gasteiger partial charge in [-0.2, -0.15) is 0 Å². The molecule has 0 saturated carbocycles. The van der Waals surface area contributed by atoms with Gasteiger partial charge in [0.2, 0.25) is 6.04 Å². The first-order chi connectivity index (χ1) is 7.58. The van der Waals surface area contributed by atoms with Crippen LogP contribution in [0.1, 0.15) is 11.5 Å². The molecule has 0 spiro atoms. The van der Waals surface area contributed by atoms with Crippen LogP contribution >= 0.6 is 11.6 Å². The highest BCUT2D eigenvalue weighted by Gasteiger charge is 2.40. The minimum Gasteiger partial charge on any atom is -0.299 e. The van der Waals surface area contributed by atoms with Crippen molar-refractivity contribution in [2.75, 3.05) is 20.1 Å². The van der Waals surface area contributed by atoms with Gasteiger partial charge in [0.15, 0.2) is 0 Å². The molecule has 1 unspecified atom stereocenters. The molecule has 16 heavy (non-hydrogen) atoms. The minimum absolute atomic E-state index is 0.0303. The zero-order chi connectivity index (χ0) is 11.7. The Kier molecular flexibility index (Phi) is 3.12. The molecule has 86 valence electrons. The highest BCUT2D eigenvalue weighted by Crippen LogP contribution is 2.29. The van der Waals surface area contributed by atoms with Crippen LogP contribution in [-0.2, 0) is 0 Å². The quantitative estimate of drug-likeness (QED) is 0.587. The molecule has 0 aliphatic carbocycles. The first kappa shape index (κ1) is 11.4. The van der Waals surface area contributed by atoms with E-state index in [4.69, 9.17) is 11.6 Å². The maximum absolute atomic E-state index is 11.0. The number of rotatable bonds is 2. The molecule has 1 fully saturated rings. The summed E-state index contributed by atoms with van der Waals surface area (Å²) >= 11 is 5.80. The summed E-state index contributed by atoms with van der Waals surface area (Å²) in [4.78, 5) is 12.8.